The Morgan fingerprint density at radius 3 is 0.773 bits per heavy atom. The van der Waals surface area contributed by atoms with Gasteiger partial charge < -0.3 is 14.2 Å². The summed E-state index contributed by atoms with van der Waals surface area (Å²) in [5, 5.41) is 0. The fraction of sp³-hybridized carbons (Fsp3) is 0.812. The highest BCUT2D eigenvalue weighted by Gasteiger charge is 2.19. The van der Waals surface area contributed by atoms with Crippen LogP contribution in [0.2, 0.25) is 0 Å². The van der Waals surface area contributed by atoms with Gasteiger partial charge in [0, 0.05) is 19.3 Å². The molecule has 0 aromatic rings. The Labute approximate surface area is 466 Å². The minimum absolute atomic E-state index is 0.0725. The van der Waals surface area contributed by atoms with Crippen molar-refractivity contribution in [1.29, 1.82) is 0 Å². The molecule has 0 radical (unpaired) electrons. The highest BCUT2D eigenvalue weighted by molar-refractivity contribution is 5.71. The fourth-order valence-corrected chi connectivity index (χ4v) is 9.54. The van der Waals surface area contributed by atoms with E-state index in [0.29, 0.717) is 19.3 Å². The fourth-order valence-electron chi connectivity index (χ4n) is 9.54. The zero-order valence-corrected chi connectivity index (χ0v) is 50.1. The van der Waals surface area contributed by atoms with Crippen LogP contribution >= 0.6 is 0 Å². The third-order valence-corrected chi connectivity index (χ3v) is 14.5. The van der Waals surface area contributed by atoms with Crippen LogP contribution in [0.25, 0.3) is 0 Å². The van der Waals surface area contributed by atoms with Crippen molar-refractivity contribution in [2.24, 2.45) is 0 Å². The molecule has 0 aliphatic heterocycles. The van der Waals surface area contributed by atoms with E-state index in [-0.39, 0.29) is 31.1 Å². The van der Waals surface area contributed by atoms with Crippen LogP contribution in [0.15, 0.2) is 60.8 Å². The van der Waals surface area contributed by atoms with Crippen LogP contribution in [0, 0.1) is 0 Å². The average Bonchev–Trinajstić information content (AvgIpc) is 3.41. The van der Waals surface area contributed by atoms with Gasteiger partial charge in [-0.2, -0.15) is 0 Å². The number of hydrogen-bond donors (Lipinski definition) is 0. The highest BCUT2D eigenvalue weighted by Crippen LogP contribution is 2.17. The van der Waals surface area contributed by atoms with E-state index < -0.39 is 6.10 Å². The van der Waals surface area contributed by atoms with E-state index in [1.54, 1.807) is 0 Å². The Morgan fingerprint density at radius 2 is 0.480 bits per heavy atom. The summed E-state index contributed by atoms with van der Waals surface area (Å²) in [4.78, 5) is 38.1. The summed E-state index contributed by atoms with van der Waals surface area (Å²) in [6, 6.07) is 0. The molecule has 6 nitrogen and oxygen atoms in total. The van der Waals surface area contributed by atoms with E-state index in [0.717, 1.165) is 77.0 Å². The van der Waals surface area contributed by atoms with Crippen LogP contribution in [-0.4, -0.2) is 37.2 Å². The zero-order valence-electron chi connectivity index (χ0n) is 50.1. The van der Waals surface area contributed by atoms with Gasteiger partial charge in [-0.3, -0.25) is 14.4 Å². The minimum atomic E-state index is -0.773. The Hall–Kier alpha value is -2.89. The van der Waals surface area contributed by atoms with Gasteiger partial charge in [0.1, 0.15) is 13.2 Å². The standard InChI is InChI=1S/C69H124O6/c1-4-7-10-13-16-18-20-22-24-26-28-29-30-31-32-33-34-35-36-37-38-39-41-42-44-46-48-50-53-56-59-62-68(71)74-65-66(64-73-67(70)61-58-55-52-15-12-9-6-3)75-69(72)63-60-57-54-51-49-47-45-43-40-27-25-23-21-19-17-14-11-8-5-2/h17,19-20,22-23,25-26,28,30-31,66H,4-16,18,21,24,27,29,32-65H2,1-3H3/b19-17-,22-20-,25-23-,28-26-,31-30-. The van der Waals surface area contributed by atoms with E-state index in [9.17, 15) is 14.4 Å². The third-order valence-electron chi connectivity index (χ3n) is 14.5. The largest absolute Gasteiger partial charge is 0.462 e. The van der Waals surface area contributed by atoms with Crippen molar-refractivity contribution < 1.29 is 28.6 Å². The summed E-state index contributed by atoms with van der Waals surface area (Å²) >= 11 is 0. The molecule has 0 aliphatic rings. The summed E-state index contributed by atoms with van der Waals surface area (Å²) in [6.07, 6.45) is 81.2. The predicted octanol–water partition coefficient (Wildman–Crippen LogP) is 22.3. The predicted molar refractivity (Wildman–Crippen MR) is 325 cm³/mol. The summed E-state index contributed by atoms with van der Waals surface area (Å²) in [5.41, 5.74) is 0. The molecule has 1 atom stereocenters. The Kier molecular flexibility index (Phi) is 61.2. The molecule has 0 rings (SSSR count). The molecule has 1 unspecified atom stereocenters. The van der Waals surface area contributed by atoms with Crippen molar-refractivity contribution in [2.45, 2.75) is 348 Å². The molecule has 0 aromatic carbocycles. The molecular weight excluding hydrogens is 925 g/mol. The molecule has 0 aliphatic carbocycles. The van der Waals surface area contributed by atoms with Gasteiger partial charge in [0.05, 0.1) is 0 Å². The first-order chi connectivity index (χ1) is 37.0. The van der Waals surface area contributed by atoms with Gasteiger partial charge in [-0.05, 0) is 89.9 Å². The second kappa shape index (κ2) is 63.6. The molecule has 0 saturated carbocycles. The summed E-state index contributed by atoms with van der Waals surface area (Å²) in [6.45, 7) is 6.60. The molecule has 0 saturated heterocycles. The molecule has 0 amide bonds. The minimum Gasteiger partial charge on any atom is -0.462 e. The third kappa shape index (κ3) is 61.8. The second-order valence-electron chi connectivity index (χ2n) is 22.0. The molecular formula is C69H124O6. The van der Waals surface area contributed by atoms with Gasteiger partial charge in [-0.1, -0.05) is 293 Å². The summed E-state index contributed by atoms with van der Waals surface area (Å²) in [7, 11) is 0. The SMILES string of the molecule is CCCCC/C=C\C/C=C\CCCCCCCCCCCC(=O)OC(COC(=O)CCCCCCCCC)COC(=O)CCCCCCCCCCCCCCCCCC/C=C\C/C=C\C/C=C\CCCCCCC. The number of hydrogen-bond acceptors (Lipinski definition) is 6. The van der Waals surface area contributed by atoms with Crippen molar-refractivity contribution in [2.75, 3.05) is 13.2 Å². The van der Waals surface area contributed by atoms with E-state index in [1.165, 1.54) is 225 Å². The first kappa shape index (κ1) is 72.1. The van der Waals surface area contributed by atoms with Crippen molar-refractivity contribution in [3.63, 3.8) is 0 Å². The van der Waals surface area contributed by atoms with Crippen LogP contribution in [-0.2, 0) is 28.6 Å². The van der Waals surface area contributed by atoms with E-state index in [4.69, 9.17) is 14.2 Å². The number of rotatable bonds is 60. The zero-order chi connectivity index (χ0) is 54.3. The van der Waals surface area contributed by atoms with Gasteiger partial charge in [0.15, 0.2) is 6.10 Å². The highest BCUT2D eigenvalue weighted by atomic mass is 16.6. The second-order valence-corrected chi connectivity index (χ2v) is 22.0. The van der Waals surface area contributed by atoms with Gasteiger partial charge >= 0.3 is 17.9 Å². The normalized spacial score (nSPS) is 12.4. The Morgan fingerprint density at radius 1 is 0.267 bits per heavy atom. The molecule has 436 valence electrons. The van der Waals surface area contributed by atoms with Gasteiger partial charge in [0.25, 0.3) is 0 Å². The quantitative estimate of drug-likeness (QED) is 0.0261. The maximum Gasteiger partial charge on any atom is 0.306 e. The number of allylic oxidation sites excluding steroid dienone is 10. The first-order valence-electron chi connectivity index (χ1n) is 32.8. The number of unbranched alkanes of at least 4 members (excludes halogenated alkanes) is 39. The molecule has 0 N–H and O–H groups in total. The lowest BCUT2D eigenvalue weighted by Crippen LogP contribution is -2.30. The lowest BCUT2D eigenvalue weighted by atomic mass is 10.0. The lowest BCUT2D eigenvalue weighted by Gasteiger charge is -2.18. The van der Waals surface area contributed by atoms with Crippen molar-refractivity contribution in [1.82, 2.24) is 0 Å². The molecule has 75 heavy (non-hydrogen) atoms. The Bertz CT molecular complexity index is 1340. The van der Waals surface area contributed by atoms with E-state index in [1.807, 2.05) is 0 Å². The number of esters is 3. The van der Waals surface area contributed by atoms with Gasteiger partial charge in [-0.25, -0.2) is 0 Å². The van der Waals surface area contributed by atoms with Crippen molar-refractivity contribution in [3.8, 4) is 0 Å². The lowest BCUT2D eigenvalue weighted by molar-refractivity contribution is -0.167. The number of carbonyl (C=O) groups excluding carboxylic acids is 3. The monoisotopic (exact) mass is 1050 g/mol. The molecule has 0 fully saturated rings. The van der Waals surface area contributed by atoms with Gasteiger partial charge in [0.2, 0.25) is 0 Å². The maximum absolute atomic E-state index is 12.8. The maximum atomic E-state index is 12.8. The van der Waals surface area contributed by atoms with Crippen LogP contribution in [0.4, 0.5) is 0 Å². The molecule has 0 spiro atoms. The molecule has 0 heterocycles. The number of ether oxygens (including phenoxy) is 3. The molecule has 0 aromatic heterocycles. The number of carbonyl (C=O) groups is 3. The van der Waals surface area contributed by atoms with Crippen molar-refractivity contribution in [3.05, 3.63) is 60.8 Å². The molecule has 6 heteroatoms. The van der Waals surface area contributed by atoms with Crippen molar-refractivity contribution >= 4 is 17.9 Å². The average molecular weight is 1050 g/mol. The molecule has 0 bridgehead atoms. The van der Waals surface area contributed by atoms with Crippen LogP contribution in [0.1, 0.15) is 342 Å². The summed E-state index contributed by atoms with van der Waals surface area (Å²) in [5.74, 6) is -0.867. The van der Waals surface area contributed by atoms with E-state index >= 15 is 0 Å². The van der Waals surface area contributed by atoms with E-state index in [2.05, 4.69) is 81.5 Å². The van der Waals surface area contributed by atoms with Crippen LogP contribution < -0.4 is 0 Å². The first-order valence-corrected chi connectivity index (χ1v) is 32.8. The smallest absolute Gasteiger partial charge is 0.306 e. The Balaban J connectivity index is 4.05. The van der Waals surface area contributed by atoms with Gasteiger partial charge in [-0.15, -0.1) is 0 Å². The summed E-state index contributed by atoms with van der Waals surface area (Å²) < 4.78 is 16.8. The van der Waals surface area contributed by atoms with Crippen LogP contribution in [0.3, 0.4) is 0 Å². The van der Waals surface area contributed by atoms with Crippen LogP contribution in [0.5, 0.6) is 0 Å². The topological polar surface area (TPSA) is 78.9 Å².